The molecule has 3 fully saturated rings. The molecule has 1 heterocycles. The normalized spacial score (nSPS) is 26.9. The second-order valence-electron chi connectivity index (χ2n) is 8.37. The summed E-state index contributed by atoms with van der Waals surface area (Å²) >= 11 is 11.9. The summed E-state index contributed by atoms with van der Waals surface area (Å²) in [5.41, 5.74) is 1.15. The van der Waals surface area contributed by atoms with E-state index >= 15 is 0 Å². The summed E-state index contributed by atoms with van der Waals surface area (Å²) in [4.78, 5) is 40.1. The van der Waals surface area contributed by atoms with Crippen LogP contribution >= 0.6 is 23.2 Å². The fourth-order valence-electron chi connectivity index (χ4n) is 5.37. The van der Waals surface area contributed by atoms with Crippen molar-refractivity contribution in [3.8, 4) is 0 Å². The Bertz CT molecular complexity index is 994. The van der Waals surface area contributed by atoms with Gasteiger partial charge in [0.1, 0.15) is 0 Å². The van der Waals surface area contributed by atoms with E-state index in [9.17, 15) is 14.4 Å². The lowest BCUT2D eigenvalue weighted by Crippen LogP contribution is -2.50. The van der Waals surface area contributed by atoms with Gasteiger partial charge in [-0.25, -0.2) is 5.01 Å². The van der Waals surface area contributed by atoms with Gasteiger partial charge in [-0.3, -0.25) is 14.4 Å². The summed E-state index contributed by atoms with van der Waals surface area (Å²) in [6.45, 7) is 0.102. The molecule has 0 aromatic heterocycles. The quantitative estimate of drug-likeness (QED) is 0.650. The highest BCUT2D eigenvalue weighted by molar-refractivity contribution is 6.30. The van der Waals surface area contributed by atoms with E-state index in [1.807, 2.05) is 0 Å². The van der Waals surface area contributed by atoms with Crippen molar-refractivity contribution in [3.63, 3.8) is 0 Å². The van der Waals surface area contributed by atoms with Gasteiger partial charge in [-0.2, -0.15) is 5.01 Å². The molecule has 1 saturated heterocycles. The van der Waals surface area contributed by atoms with Crippen LogP contribution in [0.3, 0.4) is 0 Å². The van der Waals surface area contributed by atoms with E-state index in [2.05, 4.69) is 0 Å². The zero-order valence-corrected chi connectivity index (χ0v) is 17.6. The lowest BCUT2D eigenvalue weighted by Gasteiger charge is -2.31. The third-order valence-corrected chi connectivity index (χ3v) is 7.22. The minimum atomic E-state index is -0.407. The first-order valence-electron chi connectivity index (χ1n) is 10.1. The maximum Gasteiger partial charge on any atom is 0.273 e. The number of hydrogen-bond donors (Lipinski definition) is 0. The number of halogens is 2. The smallest absolute Gasteiger partial charge is 0.272 e. The molecule has 0 radical (unpaired) electrons. The van der Waals surface area contributed by atoms with Crippen LogP contribution in [0.2, 0.25) is 10.0 Å². The largest absolute Gasteiger partial charge is 0.273 e. The summed E-state index contributed by atoms with van der Waals surface area (Å²) in [7, 11) is 0. The Morgan fingerprint density at radius 2 is 1.37 bits per heavy atom. The molecule has 0 N–H and O–H groups in total. The summed E-state index contributed by atoms with van der Waals surface area (Å²) in [5, 5.41) is 3.49. The van der Waals surface area contributed by atoms with E-state index in [0.717, 1.165) is 29.8 Å². The zero-order valence-electron chi connectivity index (χ0n) is 16.1. The van der Waals surface area contributed by atoms with Crippen molar-refractivity contribution in [1.82, 2.24) is 10.0 Å². The maximum atomic E-state index is 13.4. The van der Waals surface area contributed by atoms with Gasteiger partial charge in [-0.1, -0.05) is 35.3 Å². The van der Waals surface area contributed by atoms with Gasteiger partial charge in [0.25, 0.3) is 17.7 Å². The number of benzene rings is 2. The van der Waals surface area contributed by atoms with Crippen LogP contribution in [0.5, 0.6) is 0 Å². The summed E-state index contributed by atoms with van der Waals surface area (Å²) in [5.74, 6) is -0.963. The van der Waals surface area contributed by atoms with E-state index < -0.39 is 5.91 Å². The van der Waals surface area contributed by atoms with Gasteiger partial charge in [-0.15, -0.1) is 0 Å². The fourth-order valence-corrected chi connectivity index (χ4v) is 5.62. The molecule has 2 aromatic carbocycles. The molecule has 0 unspecified atom stereocenters. The van der Waals surface area contributed by atoms with Crippen molar-refractivity contribution in [2.45, 2.75) is 25.8 Å². The molecule has 3 aliphatic rings. The van der Waals surface area contributed by atoms with E-state index in [1.54, 1.807) is 48.5 Å². The fraction of sp³-hybridized carbons (Fsp3) is 0.348. The molecule has 2 bridgehead atoms. The van der Waals surface area contributed by atoms with E-state index in [4.69, 9.17) is 23.2 Å². The molecular formula is C23H20Cl2N2O3. The monoisotopic (exact) mass is 442 g/mol. The molecule has 3 amide bonds. The average molecular weight is 443 g/mol. The van der Waals surface area contributed by atoms with E-state index in [0.29, 0.717) is 15.6 Å². The third-order valence-electron chi connectivity index (χ3n) is 6.72. The van der Waals surface area contributed by atoms with Crippen molar-refractivity contribution in [3.05, 3.63) is 69.7 Å². The Morgan fingerprint density at radius 3 is 1.90 bits per heavy atom. The van der Waals surface area contributed by atoms with Gasteiger partial charge in [0.2, 0.25) is 0 Å². The van der Waals surface area contributed by atoms with Crippen LogP contribution in [0.1, 0.15) is 35.2 Å². The number of nitrogens with zero attached hydrogens (tertiary/aromatic N) is 2. The van der Waals surface area contributed by atoms with Gasteiger partial charge in [0.15, 0.2) is 0 Å². The number of carbonyl (C=O) groups is 3. The average Bonchev–Trinajstić information content (AvgIpc) is 3.42. The molecule has 7 heteroatoms. The number of hydrazine groups is 1. The lowest BCUT2D eigenvalue weighted by molar-refractivity contribution is -0.156. The number of fused-ring (bicyclic) bond motifs is 5. The highest BCUT2D eigenvalue weighted by Gasteiger charge is 2.62. The standard InChI is InChI=1S/C23H20Cl2N2O3/c24-17-7-1-13(2-8-17)12-26(21(28)14-5-9-18(25)10-6-14)27-22(29)19-15-3-4-16(11-15)20(19)23(27)30/h1-2,5-10,15-16,19-20H,3-4,11-12H2/t15-,16+,19-,20-/m0/s1. The molecule has 1 aliphatic heterocycles. The number of amides is 3. The third kappa shape index (κ3) is 3.12. The summed E-state index contributed by atoms with van der Waals surface area (Å²) < 4.78 is 0. The Labute approximate surface area is 184 Å². The predicted molar refractivity (Wildman–Crippen MR) is 112 cm³/mol. The van der Waals surface area contributed by atoms with Crippen molar-refractivity contribution in [2.75, 3.05) is 0 Å². The second kappa shape index (κ2) is 7.40. The van der Waals surface area contributed by atoms with E-state index in [1.165, 1.54) is 5.01 Å². The topological polar surface area (TPSA) is 57.7 Å². The van der Waals surface area contributed by atoms with E-state index in [-0.39, 0.29) is 42.0 Å². The SMILES string of the molecule is O=C(c1ccc(Cl)cc1)N(Cc1ccc(Cl)cc1)N1C(=O)[C@H]2[C@@H]3CC[C@@H](C3)[C@@H]2C1=O. The number of carbonyl (C=O) groups excluding carboxylic acids is 3. The molecule has 4 atom stereocenters. The molecule has 2 saturated carbocycles. The van der Waals surface area contributed by atoms with Gasteiger partial charge < -0.3 is 0 Å². The molecule has 5 rings (SSSR count). The molecule has 154 valence electrons. The molecule has 5 nitrogen and oxygen atoms in total. The summed E-state index contributed by atoms with van der Waals surface area (Å²) in [6.07, 6.45) is 2.92. The van der Waals surface area contributed by atoms with Crippen LogP contribution in [-0.4, -0.2) is 27.7 Å². The highest BCUT2D eigenvalue weighted by atomic mass is 35.5. The van der Waals surface area contributed by atoms with Crippen LogP contribution in [0.25, 0.3) is 0 Å². The minimum absolute atomic E-state index is 0.102. The minimum Gasteiger partial charge on any atom is -0.272 e. The second-order valence-corrected chi connectivity index (χ2v) is 9.24. The van der Waals surface area contributed by atoms with Crippen LogP contribution in [0.4, 0.5) is 0 Å². The molecule has 30 heavy (non-hydrogen) atoms. The maximum absolute atomic E-state index is 13.4. The Morgan fingerprint density at radius 1 is 0.867 bits per heavy atom. The molecule has 2 aromatic rings. The van der Waals surface area contributed by atoms with Crippen LogP contribution in [0, 0.1) is 23.7 Å². The molecule has 2 aliphatic carbocycles. The van der Waals surface area contributed by atoms with Crippen LogP contribution in [0.15, 0.2) is 48.5 Å². The lowest BCUT2D eigenvalue weighted by atomic mass is 9.81. The number of imide groups is 1. The van der Waals surface area contributed by atoms with Gasteiger partial charge >= 0.3 is 0 Å². The van der Waals surface area contributed by atoms with Gasteiger partial charge in [0, 0.05) is 15.6 Å². The number of hydrogen-bond acceptors (Lipinski definition) is 3. The van der Waals surface area contributed by atoms with Crippen LogP contribution < -0.4 is 0 Å². The summed E-state index contributed by atoms with van der Waals surface area (Å²) in [6, 6.07) is 13.5. The van der Waals surface area contributed by atoms with Crippen molar-refractivity contribution < 1.29 is 14.4 Å². The van der Waals surface area contributed by atoms with Gasteiger partial charge in [-0.05, 0) is 73.1 Å². The zero-order chi connectivity index (χ0) is 21.0. The Hall–Kier alpha value is -2.37. The van der Waals surface area contributed by atoms with Crippen molar-refractivity contribution >= 4 is 40.9 Å². The Balaban J connectivity index is 1.51. The first-order chi connectivity index (χ1) is 14.4. The molecule has 0 spiro atoms. The molecular weight excluding hydrogens is 423 g/mol. The first kappa shape index (κ1) is 19.6. The van der Waals surface area contributed by atoms with Gasteiger partial charge in [0.05, 0.1) is 18.4 Å². The van der Waals surface area contributed by atoms with Crippen LogP contribution in [-0.2, 0) is 16.1 Å². The van der Waals surface area contributed by atoms with Crippen molar-refractivity contribution in [2.24, 2.45) is 23.7 Å². The predicted octanol–water partition coefficient (Wildman–Crippen LogP) is 4.58. The van der Waals surface area contributed by atoms with Crippen molar-refractivity contribution in [1.29, 1.82) is 0 Å². The Kier molecular flexibility index (Phi) is 4.83. The number of rotatable bonds is 4. The highest BCUT2D eigenvalue weighted by Crippen LogP contribution is 2.56. The first-order valence-corrected chi connectivity index (χ1v) is 10.9.